The van der Waals surface area contributed by atoms with Crippen molar-refractivity contribution in [3.8, 4) is 0 Å². The highest BCUT2D eigenvalue weighted by molar-refractivity contribution is 7.89. The lowest BCUT2D eigenvalue weighted by molar-refractivity contribution is 0.281. The van der Waals surface area contributed by atoms with Gasteiger partial charge in [0, 0.05) is 19.2 Å². The van der Waals surface area contributed by atoms with Crippen LogP contribution in [0.2, 0.25) is 5.02 Å². The van der Waals surface area contributed by atoms with E-state index >= 15 is 0 Å². The number of hydrogen-bond acceptors (Lipinski definition) is 3. The van der Waals surface area contributed by atoms with Crippen LogP contribution in [0.5, 0.6) is 0 Å². The van der Waals surface area contributed by atoms with Crippen molar-refractivity contribution in [2.24, 2.45) is 0 Å². The van der Waals surface area contributed by atoms with E-state index in [0.29, 0.717) is 0 Å². The lowest BCUT2D eigenvalue weighted by Crippen LogP contribution is -2.27. The number of halogens is 2. The fraction of sp³-hybridized carbons (Fsp3) is 0.273. The summed E-state index contributed by atoms with van der Waals surface area (Å²) < 4.78 is 38.6. The second-order valence-corrected chi connectivity index (χ2v) is 6.03. The molecule has 0 unspecified atom stereocenters. The third kappa shape index (κ3) is 2.89. The van der Waals surface area contributed by atoms with Gasteiger partial charge in [-0.15, -0.1) is 6.58 Å². The summed E-state index contributed by atoms with van der Waals surface area (Å²) in [5.74, 6) is -0.881. The van der Waals surface area contributed by atoms with Gasteiger partial charge >= 0.3 is 0 Å². The number of likely N-dealkylation sites (N-methyl/N-ethyl adjacent to an activating group) is 1. The smallest absolute Gasteiger partial charge is 0.243 e. The molecule has 100 valence electrons. The summed E-state index contributed by atoms with van der Waals surface area (Å²) in [4.78, 5) is -0.252. The zero-order valence-electron chi connectivity index (χ0n) is 9.73. The van der Waals surface area contributed by atoms with Crippen molar-refractivity contribution in [3.63, 3.8) is 0 Å². The van der Waals surface area contributed by atoms with Crippen LogP contribution in [0.15, 0.2) is 29.7 Å². The molecule has 1 aromatic carbocycles. The highest BCUT2D eigenvalue weighted by Gasteiger charge is 2.22. The maximum Gasteiger partial charge on any atom is 0.243 e. The highest BCUT2D eigenvalue weighted by Crippen LogP contribution is 2.25. The molecule has 0 atom stereocenters. The summed E-state index contributed by atoms with van der Waals surface area (Å²) in [5, 5.41) is 8.72. The van der Waals surface area contributed by atoms with Crippen LogP contribution in [-0.2, 0) is 16.6 Å². The van der Waals surface area contributed by atoms with Crippen LogP contribution in [0.25, 0.3) is 0 Å². The molecule has 0 radical (unpaired) electrons. The first kappa shape index (κ1) is 15.1. The van der Waals surface area contributed by atoms with Gasteiger partial charge in [-0.3, -0.25) is 0 Å². The predicted molar refractivity (Wildman–Crippen MR) is 67.3 cm³/mol. The predicted octanol–water partition coefficient (Wildman–Crippen LogP) is 1.78. The molecule has 0 aliphatic carbocycles. The van der Waals surface area contributed by atoms with Gasteiger partial charge < -0.3 is 5.11 Å². The molecular weight excluding hydrogens is 281 g/mol. The minimum Gasteiger partial charge on any atom is -0.392 e. The molecule has 0 saturated carbocycles. The fourth-order valence-corrected chi connectivity index (χ4v) is 2.72. The minimum atomic E-state index is -3.82. The molecule has 0 fully saturated rings. The minimum absolute atomic E-state index is 0.0299. The van der Waals surface area contributed by atoms with Gasteiger partial charge in [-0.2, -0.15) is 4.31 Å². The van der Waals surface area contributed by atoms with Gasteiger partial charge in [-0.1, -0.05) is 17.7 Å². The van der Waals surface area contributed by atoms with E-state index in [-0.39, 0.29) is 22.0 Å². The van der Waals surface area contributed by atoms with E-state index in [0.717, 1.165) is 16.4 Å². The second kappa shape index (κ2) is 5.79. The average Bonchev–Trinajstić information content (AvgIpc) is 2.32. The van der Waals surface area contributed by atoms with E-state index < -0.39 is 22.4 Å². The molecule has 0 aromatic heterocycles. The monoisotopic (exact) mass is 293 g/mol. The summed E-state index contributed by atoms with van der Waals surface area (Å²) in [7, 11) is -2.47. The molecule has 0 saturated heterocycles. The third-order valence-electron chi connectivity index (χ3n) is 2.34. The Bertz CT molecular complexity index is 560. The summed E-state index contributed by atoms with van der Waals surface area (Å²) in [6, 6.07) is 1.98. The zero-order valence-corrected chi connectivity index (χ0v) is 11.3. The Hall–Kier alpha value is -0.950. The molecule has 1 aromatic rings. The topological polar surface area (TPSA) is 57.6 Å². The maximum atomic E-state index is 13.5. The van der Waals surface area contributed by atoms with Crippen LogP contribution in [0.3, 0.4) is 0 Å². The number of sulfonamides is 1. The fourth-order valence-electron chi connectivity index (χ4n) is 1.34. The summed E-state index contributed by atoms with van der Waals surface area (Å²) in [5.41, 5.74) is 0.0299. The van der Waals surface area contributed by atoms with E-state index in [1.807, 2.05) is 0 Å². The molecule has 0 aliphatic rings. The van der Waals surface area contributed by atoms with Crippen LogP contribution in [-0.4, -0.2) is 31.4 Å². The number of rotatable bonds is 5. The standard InChI is InChI=1S/C11H13ClFNO3S/c1-3-4-14(2)18(16,17)9-5-8(7-15)11(12)10(13)6-9/h3,5-6,15H,1,4,7H2,2H3. The molecule has 1 rings (SSSR count). The van der Waals surface area contributed by atoms with Gasteiger partial charge in [0.05, 0.1) is 16.5 Å². The molecule has 1 N–H and O–H groups in total. The first-order valence-electron chi connectivity index (χ1n) is 5.00. The zero-order chi connectivity index (χ0) is 13.9. The Balaban J connectivity index is 3.33. The average molecular weight is 294 g/mol. The van der Waals surface area contributed by atoms with Gasteiger partial charge in [0.25, 0.3) is 0 Å². The molecule has 0 aliphatic heterocycles. The first-order chi connectivity index (χ1) is 8.34. The SMILES string of the molecule is C=CCN(C)S(=O)(=O)c1cc(F)c(Cl)c(CO)c1. The molecular formula is C11H13ClFNO3S. The van der Waals surface area contributed by atoms with Gasteiger partial charge in [0.2, 0.25) is 10.0 Å². The molecule has 0 heterocycles. The number of hydrogen-bond donors (Lipinski definition) is 1. The van der Waals surface area contributed by atoms with Crippen molar-refractivity contribution in [1.29, 1.82) is 0 Å². The lowest BCUT2D eigenvalue weighted by Gasteiger charge is -2.16. The summed E-state index contributed by atoms with van der Waals surface area (Å²) in [6.07, 6.45) is 1.41. The molecule has 0 amide bonds. The van der Waals surface area contributed by atoms with E-state index in [1.54, 1.807) is 0 Å². The lowest BCUT2D eigenvalue weighted by atomic mass is 10.2. The van der Waals surface area contributed by atoms with E-state index in [4.69, 9.17) is 16.7 Å². The Labute approximate surface area is 110 Å². The third-order valence-corrected chi connectivity index (χ3v) is 4.57. The molecule has 7 heteroatoms. The van der Waals surface area contributed by atoms with Gasteiger partial charge in [0.15, 0.2) is 0 Å². The summed E-state index contributed by atoms with van der Waals surface area (Å²) >= 11 is 5.60. The largest absolute Gasteiger partial charge is 0.392 e. The van der Waals surface area contributed by atoms with Crippen molar-refractivity contribution < 1.29 is 17.9 Å². The van der Waals surface area contributed by atoms with Gasteiger partial charge in [-0.25, -0.2) is 12.8 Å². The van der Waals surface area contributed by atoms with Crippen LogP contribution in [0.4, 0.5) is 4.39 Å². The molecule has 0 bridgehead atoms. The maximum absolute atomic E-state index is 13.5. The second-order valence-electron chi connectivity index (χ2n) is 3.61. The Kier molecular flexibility index (Phi) is 4.86. The van der Waals surface area contributed by atoms with Crippen molar-refractivity contribution in [2.75, 3.05) is 13.6 Å². The van der Waals surface area contributed by atoms with Gasteiger partial charge in [0.1, 0.15) is 5.82 Å². The highest BCUT2D eigenvalue weighted by atomic mass is 35.5. The number of nitrogens with zero attached hydrogens (tertiary/aromatic N) is 1. The van der Waals surface area contributed by atoms with E-state index in [9.17, 15) is 12.8 Å². The number of aliphatic hydroxyl groups is 1. The quantitative estimate of drug-likeness (QED) is 0.842. The molecule has 0 spiro atoms. The van der Waals surface area contributed by atoms with E-state index in [1.165, 1.54) is 13.1 Å². The molecule has 4 nitrogen and oxygen atoms in total. The number of benzene rings is 1. The van der Waals surface area contributed by atoms with Crippen LogP contribution < -0.4 is 0 Å². The van der Waals surface area contributed by atoms with Crippen LogP contribution >= 0.6 is 11.6 Å². The normalized spacial score (nSPS) is 11.8. The van der Waals surface area contributed by atoms with Gasteiger partial charge in [-0.05, 0) is 12.1 Å². The first-order valence-corrected chi connectivity index (χ1v) is 6.82. The van der Waals surface area contributed by atoms with Crippen molar-refractivity contribution >= 4 is 21.6 Å². The Morgan fingerprint density at radius 1 is 1.56 bits per heavy atom. The van der Waals surface area contributed by atoms with Crippen molar-refractivity contribution in [3.05, 3.63) is 41.2 Å². The number of aliphatic hydroxyl groups excluding tert-OH is 1. The Morgan fingerprint density at radius 2 is 2.17 bits per heavy atom. The Morgan fingerprint density at radius 3 is 2.67 bits per heavy atom. The van der Waals surface area contributed by atoms with Crippen molar-refractivity contribution in [2.45, 2.75) is 11.5 Å². The summed E-state index contributed by atoms with van der Waals surface area (Å²) in [6.45, 7) is 2.99. The van der Waals surface area contributed by atoms with E-state index in [2.05, 4.69) is 6.58 Å². The molecule has 18 heavy (non-hydrogen) atoms. The van der Waals surface area contributed by atoms with Crippen LogP contribution in [0.1, 0.15) is 5.56 Å². The van der Waals surface area contributed by atoms with Crippen LogP contribution in [0, 0.1) is 5.82 Å². The van der Waals surface area contributed by atoms with Crippen molar-refractivity contribution in [1.82, 2.24) is 4.31 Å².